The van der Waals surface area contributed by atoms with Gasteiger partial charge in [-0.15, -0.1) is 11.6 Å². The lowest BCUT2D eigenvalue weighted by Crippen LogP contribution is -2.55. The van der Waals surface area contributed by atoms with Gasteiger partial charge in [0, 0.05) is 12.6 Å². The summed E-state index contributed by atoms with van der Waals surface area (Å²) in [6.45, 7) is 4.34. The summed E-state index contributed by atoms with van der Waals surface area (Å²) in [6.07, 6.45) is 8.01. The number of nitrogens with zero attached hydrogens (tertiary/aromatic N) is 2. The van der Waals surface area contributed by atoms with Crippen molar-refractivity contribution in [3.05, 3.63) is 0 Å². The number of nitrogens with one attached hydrogen (secondary N) is 1. The molecule has 0 aromatic rings. The molecule has 6 nitrogen and oxygen atoms in total. The van der Waals surface area contributed by atoms with E-state index in [2.05, 4.69) is 5.43 Å². The Balaban J connectivity index is 1.59. The number of hydrogen-bond donors (Lipinski definition) is 2. The Kier molecular flexibility index (Phi) is 8.57. The third-order valence-electron chi connectivity index (χ3n) is 6.48. The number of carbonyl (C=O) groups excluding carboxylic acids is 1. The maximum absolute atomic E-state index is 14.6. The fourth-order valence-corrected chi connectivity index (χ4v) is 5.17. The molecule has 0 radical (unpaired) electrons. The van der Waals surface area contributed by atoms with Crippen molar-refractivity contribution in [1.82, 2.24) is 15.3 Å². The van der Waals surface area contributed by atoms with Crippen molar-refractivity contribution >= 4 is 17.5 Å². The summed E-state index contributed by atoms with van der Waals surface area (Å²) in [5.74, 6) is -0.156. The molecule has 2 aliphatic heterocycles. The molecule has 0 bridgehead atoms. The summed E-state index contributed by atoms with van der Waals surface area (Å²) < 4.78 is 20.2. The molecule has 168 valence electrons. The predicted molar refractivity (Wildman–Crippen MR) is 113 cm³/mol. The number of nitrogens with two attached hydrogens (primary N) is 1. The first kappa shape index (κ1) is 23.2. The van der Waals surface area contributed by atoms with Gasteiger partial charge >= 0.3 is 0 Å². The smallest absolute Gasteiger partial charge is 0.242 e. The van der Waals surface area contributed by atoms with Crippen LogP contribution in [-0.2, 0) is 9.53 Å². The van der Waals surface area contributed by atoms with Crippen LogP contribution in [0.2, 0.25) is 0 Å². The lowest BCUT2D eigenvalue weighted by molar-refractivity contribution is -0.140. The van der Waals surface area contributed by atoms with Gasteiger partial charge in [-0.3, -0.25) is 4.79 Å². The minimum absolute atomic E-state index is 0.0243. The van der Waals surface area contributed by atoms with E-state index in [1.54, 1.807) is 4.90 Å². The van der Waals surface area contributed by atoms with Gasteiger partial charge in [-0.05, 0) is 33.1 Å². The second kappa shape index (κ2) is 10.7. The first-order valence-corrected chi connectivity index (χ1v) is 11.8. The molecule has 2 saturated heterocycles. The van der Waals surface area contributed by atoms with E-state index in [4.69, 9.17) is 22.1 Å². The Morgan fingerprint density at radius 1 is 1.14 bits per heavy atom. The van der Waals surface area contributed by atoms with Crippen LogP contribution in [0, 0.1) is 0 Å². The van der Waals surface area contributed by atoms with E-state index in [1.807, 2.05) is 18.9 Å². The van der Waals surface area contributed by atoms with Crippen LogP contribution in [0.4, 0.5) is 4.39 Å². The minimum Gasteiger partial charge on any atom is -0.372 e. The second-order valence-corrected chi connectivity index (χ2v) is 9.62. The second-order valence-electron chi connectivity index (χ2n) is 9.11. The van der Waals surface area contributed by atoms with Crippen molar-refractivity contribution in [3.63, 3.8) is 0 Å². The quantitative estimate of drug-likeness (QED) is 0.668. The van der Waals surface area contributed by atoms with E-state index in [0.717, 1.165) is 12.8 Å². The fraction of sp³-hybridized carbons (Fsp3) is 0.952. The molecule has 3 fully saturated rings. The lowest BCUT2D eigenvalue weighted by atomic mass is 10.0. The molecule has 8 heteroatoms. The molecule has 2 heterocycles. The molecule has 3 N–H and O–H groups in total. The molecular weight excluding hydrogens is 395 g/mol. The Morgan fingerprint density at radius 2 is 1.76 bits per heavy atom. The maximum Gasteiger partial charge on any atom is 0.242 e. The number of piperidine rings is 1. The number of ether oxygens (including phenoxy) is 1. The Labute approximate surface area is 179 Å². The van der Waals surface area contributed by atoms with Crippen molar-refractivity contribution in [3.8, 4) is 0 Å². The SMILES string of the molecule is CC(C)O[C@H]1CCN(C(=O)C2NN(C3CCCCCCCC3)C(N)C2Cl)C[C@H]1F. The van der Waals surface area contributed by atoms with Gasteiger partial charge in [0.2, 0.25) is 5.91 Å². The highest BCUT2D eigenvalue weighted by atomic mass is 35.5. The van der Waals surface area contributed by atoms with E-state index < -0.39 is 29.9 Å². The third kappa shape index (κ3) is 5.82. The molecule has 0 aromatic carbocycles. The highest BCUT2D eigenvalue weighted by Crippen LogP contribution is 2.28. The van der Waals surface area contributed by atoms with Gasteiger partial charge in [0.15, 0.2) is 0 Å². The lowest BCUT2D eigenvalue weighted by Gasteiger charge is -2.37. The molecular formula is C21H38ClFN4O2. The monoisotopic (exact) mass is 432 g/mol. The largest absolute Gasteiger partial charge is 0.372 e. The van der Waals surface area contributed by atoms with E-state index >= 15 is 0 Å². The number of carbonyl (C=O) groups is 1. The van der Waals surface area contributed by atoms with E-state index in [1.165, 1.54) is 38.5 Å². The molecule has 29 heavy (non-hydrogen) atoms. The molecule has 1 saturated carbocycles. The zero-order valence-electron chi connectivity index (χ0n) is 17.9. The van der Waals surface area contributed by atoms with Crippen LogP contribution in [0.3, 0.4) is 0 Å². The topological polar surface area (TPSA) is 70.8 Å². The van der Waals surface area contributed by atoms with Gasteiger partial charge in [-0.2, -0.15) is 0 Å². The zero-order chi connectivity index (χ0) is 21.0. The number of amides is 1. The third-order valence-corrected chi connectivity index (χ3v) is 6.99. The standard InChI is InChI=1S/C21H38ClFN4O2/c1-14(2)29-17-11-12-26(13-16(17)23)21(28)19-18(22)20(24)27(25-19)15-9-7-5-3-4-6-8-10-15/h14-20,25H,3-13,24H2,1-2H3/t16-,17+,18?,19?,20?/m1/s1. The zero-order valence-corrected chi connectivity index (χ0v) is 18.6. The average Bonchev–Trinajstić information content (AvgIpc) is 3.04. The van der Waals surface area contributed by atoms with Crippen molar-refractivity contribution in [1.29, 1.82) is 0 Å². The minimum atomic E-state index is -1.18. The summed E-state index contributed by atoms with van der Waals surface area (Å²) >= 11 is 6.60. The normalized spacial score (nSPS) is 36.1. The van der Waals surface area contributed by atoms with Crippen LogP contribution >= 0.6 is 11.6 Å². The van der Waals surface area contributed by atoms with Gasteiger partial charge in [0.05, 0.1) is 30.3 Å². The van der Waals surface area contributed by atoms with Gasteiger partial charge in [-0.25, -0.2) is 14.8 Å². The van der Waals surface area contributed by atoms with E-state index in [9.17, 15) is 9.18 Å². The van der Waals surface area contributed by atoms with Crippen LogP contribution in [0.25, 0.3) is 0 Å². The molecule has 3 rings (SSSR count). The number of hydrogen-bond acceptors (Lipinski definition) is 5. The highest BCUT2D eigenvalue weighted by Gasteiger charge is 2.47. The summed E-state index contributed by atoms with van der Waals surface area (Å²) in [5.41, 5.74) is 9.73. The Morgan fingerprint density at radius 3 is 2.34 bits per heavy atom. The Hall–Kier alpha value is -0.470. The van der Waals surface area contributed by atoms with Crippen LogP contribution < -0.4 is 11.2 Å². The molecule has 3 aliphatic rings. The number of likely N-dealkylation sites (tertiary alicyclic amines) is 1. The highest BCUT2D eigenvalue weighted by molar-refractivity contribution is 6.23. The number of halogens is 2. The van der Waals surface area contributed by atoms with Crippen LogP contribution in [0.1, 0.15) is 71.6 Å². The number of hydrazine groups is 1. The first-order chi connectivity index (χ1) is 13.9. The van der Waals surface area contributed by atoms with E-state index in [-0.39, 0.29) is 18.6 Å². The molecule has 5 atom stereocenters. The van der Waals surface area contributed by atoms with Crippen molar-refractivity contribution < 1.29 is 13.9 Å². The van der Waals surface area contributed by atoms with Gasteiger partial charge < -0.3 is 15.4 Å². The molecule has 1 amide bonds. The summed E-state index contributed by atoms with van der Waals surface area (Å²) in [4.78, 5) is 14.7. The van der Waals surface area contributed by atoms with Gasteiger partial charge in [0.25, 0.3) is 0 Å². The fourth-order valence-electron chi connectivity index (χ4n) is 4.88. The maximum atomic E-state index is 14.6. The van der Waals surface area contributed by atoms with E-state index in [0.29, 0.717) is 19.0 Å². The van der Waals surface area contributed by atoms with Crippen LogP contribution in [0.5, 0.6) is 0 Å². The summed E-state index contributed by atoms with van der Waals surface area (Å²) in [6, 6.07) is -0.310. The number of alkyl halides is 2. The predicted octanol–water partition coefficient (Wildman–Crippen LogP) is 2.93. The van der Waals surface area contributed by atoms with Crippen molar-refractivity contribution in [2.24, 2.45) is 5.73 Å². The van der Waals surface area contributed by atoms with Crippen LogP contribution in [-0.4, -0.2) is 70.9 Å². The van der Waals surface area contributed by atoms with Crippen molar-refractivity contribution in [2.45, 2.75) is 114 Å². The average molecular weight is 433 g/mol. The first-order valence-electron chi connectivity index (χ1n) is 11.4. The van der Waals surface area contributed by atoms with Crippen molar-refractivity contribution in [2.75, 3.05) is 13.1 Å². The molecule has 0 spiro atoms. The molecule has 0 aromatic heterocycles. The van der Waals surface area contributed by atoms with Crippen LogP contribution in [0.15, 0.2) is 0 Å². The summed E-state index contributed by atoms with van der Waals surface area (Å²) in [5, 5.41) is 1.49. The Bertz CT molecular complexity index is 531. The summed E-state index contributed by atoms with van der Waals surface area (Å²) in [7, 11) is 0. The van der Waals surface area contributed by atoms with Gasteiger partial charge in [-0.1, -0.05) is 38.5 Å². The number of rotatable bonds is 4. The van der Waals surface area contributed by atoms with Gasteiger partial charge in [0.1, 0.15) is 12.2 Å². The molecule has 3 unspecified atom stereocenters. The molecule has 1 aliphatic carbocycles.